The summed E-state index contributed by atoms with van der Waals surface area (Å²) < 4.78 is 5.97. The summed E-state index contributed by atoms with van der Waals surface area (Å²) in [5.41, 5.74) is 2.19. The van der Waals surface area contributed by atoms with Crippen molar-refractivity contribution in [3.63, 3.8) is 0 Å². The number of nitrogens with zero attached hydrogens (tertiary/aromatic N) is 2. The molecule has 152 valence electrons. The van der Waals surface area contributed by atoms with Gasteiger partial charge in [0, 0.05) is 12.4 Å². The van der Waals surface area contributed by atoms with Crippen LogP contribution >= 0.6 is 0 Å². The molecule has 0 unspecified atom stereocenters. The molecule has 0 aliphatic carbocycles. The molecule has 0 saturated heterocycles. The smallest absolute Gasteiger partial charge is 0.162 e. The van der Waals surface area contributed by atoms with E-state index in [1.165, 1.54) is 50.5 Å². The quantitative estimate of drug-likeness (QED) is 0.257. The molecule has 0 aliphatic rings. The molecule has 0 spiro atoms. The Morgan fingerprint density at radius 3 is 2.36 bits per heavy atom. The predicted octanol–water partition coefficient (Wildman–Crippen LogP) is 7.17. The first-order valence-corrected chi connectivity index (χ1v) is 11.0. The second kappa shape index (κ2) is 13.9. The second-order valence-corrected chi connectivity index (χ2v) is 7.34. The topological polar surface area (TPSA) is 35.0 Å². The first kappa shape index (κ1) is 22.1. The zero-order valence-corrected chi connectivity index (χ0v) is 17.7. The number of ether oxygens (including phenoxy) is 1. The van der Waals surface area contributed by atoms with Crippen molar-refractivity contribution in [2.45, 2.75) is 78.1 Å². The molecule has 28 heavy (non-hydrogen) atoms. The van der Waals surface area contributed by atoms with E-state index in [2.05, 4.69) is 29.0 Å². The lowest BCUT2D eigenvalue weighted by Gasteiger charge is -2.10. The SMILES string of the molecule is CC=CCCCOc1ccccc1-c1ncc(CCCCCCCCC)cn1. The van der Waals surface area contributed by atoms with Gasteiger partial charge in [-0.2, -0.15) is 0 Å². The van der Waals surface area contributed by atoms with Crippen molar-refractivity contribution in [1.29, 1.82) is 0 Å². The molecule has 0 aliphatic heterocycles. The molecule has 3 heteroatoms. The molecule has 1 aromatic heterocycles. The van der Waals surface area contributed by atoms with E-state index in [1.807, 2.05) is 43.6 Å². The van der Waals surface area contributed by atoms with Crippen molar-refractivity contribution >= 4 is 0 Å². The third-order valence-corrected chi connectivity index (χ3v) is 4.91. The van der Waals surface area contributed by atoms with E-state index in [0.717, 1.165) is 36.4 Å². The Morgan fingerprint density at radius 2 is 1.61 bits per heavy atom. The van der Waals surface area contributed by atoms with Crippen LogP contribution in [0.1, 0.15) is 77.2 Å². The molecule has 0 fully saturated rings. The maximum Gasteiger partial charge on any atom is 0.162 e. The Labute approximate surface area is 171 Å². The highest BCUT2D eigenvalue weighted by Crippen LogP contribution is 2.27. The van der Waals surface area contributed by atoms with Crippen LogP contribution in [0.25, 0.3) is 11.4 Å². The van der Waals surface area contributed by atoms with Gasteiger partial charge in [0.1, 0.15) is 5.75 Å². The summed E-state index contributed by atoms with van der Waals surface area (Å²) in [6.45, 7) is 5.02. The lowest BCUT2D eigenvalue weighted by atomic mass is 10.1. The standard InChI is InChI=1S/C25H36N2O/c1-3-5-7-9-10-11-12-16-22-20-26-25(27-21-22)23-17-13-14-18-24(23)28-19-15-8-6-4-2/h4,6,13-14,17-18,20-21H,3,5,7-12,15-16,19H2,1-2H3. The minimum Gasteiger partial charge on any atom is -0.493 e. The number of benzene rings is 1. The summed E-state index contributed by atoms with van der Waals surface area (Å²) in [5.74, 6) is 1.61. The molecule has 0 saturated carbocycles. The molecule has 3 nitrogen and oxygen atoms in total. The van der Waals surface area contributed by atoms with Crippen LogP contribution in [-0.2, 0) is 6.42 Å². The summed E-state index contributed by atoms with van der Waals surface area (Å²) in [5, 5.41) is 0. The Bertz CT molecular complexity index is 679. The number of allylic oxidation sites excluding steroid dienone is 2. The van der Waals surface area contributed by atoms with E-state index in [-0.39, 0.29) is 0 Å². The Hall–Kier alpha value is -2.16. The van der Waals surface area contributed by atoms with Gasteiger partial charge in [0.2, 0.25) is 0 Å². The van der Waals surface area contributed by atoms with Crippen LogP contribution in [0, 0.1) is 0 Å². The van der Waals surface area contributed by atoms with Gasteiger partial charge in [0.15, 0.2) is 5.82 Å². The van der Waals surface area contributed by atoms with Crippen molar-refractivity contribution in [2.24, 2.45) is 0 Å². The summed E-state index contributed by atoms with van der Waals surface area (Å²) in [4.78, 5) is 9.21. The van der Waals surface area contributed by atoms with Crippen LogP contribution in [0.2, 0.25) is 0 Å². The second-order valence-electron chi connectivity index (χ2n) is 7.34. The van der Waals surface area contributed by atoms with Crippen LogP contribution < -0.4 is 4.74 Å². The number of hydrogen-bond donors (Lipinski definition) is 0. The number of rotatable bonds is 14. The van der Waals surface area contributed by atoms with Crippen LogP contribution in [-0.4, -0.2) is 16.6 Å². The summed E-state index contributed by atoms with van der Waals surface area (Å²) >= 11 is 0. The summed E-state index contributed by atoms with van der Waals surface area (Å²) in [6, 6.07) is 8.05. The first-order valence-electron chi connectivity index (χ1n) is 11.0. The molecule has 1 heterocycles. The highest BCUT2D eigenvalue weighted by Gasteiger charge is 2.08. The molecule has 0 radical (unpaired) electrons. The monoisotopic (exact) mass is 380 g/mol. The van der Waals surface area contributed by atoms with Crippen LogP contribution in [0.3, 0.4) is 0 Å². The third kappa shape index (κ3) is 8.24. The molecule has 0 bridgehead atoms. The molecule has 0 atom stereocenters. The average Bonchev–Trinajstić information content (AvgIpc) is 2.74. The zero-order chi connectivity index (χ0) is 19.9. The fraction of sp³-hybridized carbons (Fsp3) is 0.520. The minimum absolute atomic E-state index is 0.706. The number of unbranched alkanes of at least 4 members (excludes halogenated alkanes) is 7. The minimum atomic E-state index is 0.706. The van der Waals surface area contributed by atoms with Gasteiger partial charge in [-0.1, -0.05) is 69.7 Å². The fourth-order valence-corrected chi connectivity index (χ4v) is 3.24. The highest BCUT2D eigenvalue weighted by molar-refractivity contribution is 5.63. The van der Waals surface area contributed by atoms with Gasteiger partial charge < -0.3 is 4.74 Å². The van der Waals surface area contributed by atoms with Crippen LogP contribution in [0.4, 0.5) is 0 Å². The van der Waals surface area contributed by atoms with Crippen LogP contribution in [0.15, 0.2) is 48.8 Å². The maximum absolute atomic E-state index is 5.97. The largest absolute Gasteiger partial charge is 0.493 e. The normalized spacial score (nSPS) is 11.2. The van der Waals surface area contributed by atoms with Crippen molar-refractivity contribution in [2.75, 3.05) is 6.61 Å². The van der Waals surface area contributed by atoms with Gasteiger partial charge in [0.05, 0.1) is 12.2 Å². The van der Waals surface area contributed by atoms with Gasteiger partial charge in [0.25, 0.3) is 0 Å². The van der Waals surface area contributed by atoms with E-state index in [1.54, 1.807) is 0 Å². The lowest BCUT2D eigenvalue weighted by molar-refractivity contribution is 0.313. The Balaban J connectivity index is 1.82. The molecular weight excluding hydrogens is 344 g/mol. The Kier molecular flexibility index (Phi) is 11.0. The van der Waals surface area contributed by atoms with Crippen molar-refractivity contribution in [3.8, 4) is 17.1 Å². The van der Waals surface area contributed by atoms with E-state index in [0.29, 0.717) is 6.61 Å². The lowest BCUT2D eigenvalue weighted by Crippen LogP contribution is -2.00. The van der Waals surface area contributed by atoms with Crippen LogP contribution in [0.5, 0.6) is 5.75 Å². The first-order chi connectivity index (χ1) is 13.8. The van der Waals surface area contributed by atoms with E-state index in [9.17, 15) is 0 Å². The molecular formula is C25H36N2O. The molecule has 1 aromatic carbocycles. The number of aromatic nitrogens is 2. The zero-order valence-electron chi connectivity index (χ0n) is 17.7. The van der Waals surface area contributed by atoms with Crippen molar-refractivity contribution in [1.82, 2.24) is 9.97 Å². The number of para-hydroxylation sites is 1. The summed E-state index contributed by atoms with van der Waals surface area (Å²) in [6.07, 6.45) is 20.6. The van der Waals surface area contributed by atoms with E-state index < -0.39 is 0 Å². The van der Waals surface area contributed by atoms with Gasteiger partial charge in [-0.25, -0.2) is 9.97 Å². The van der Waals surface area contributed by atoms with Gasteiger partial charge in [-0.3, -0.25) is 0 Å². The maximum atomic E-state index is 5.97. The fourth-order valence-electron chi connectivity index (χ4n) is 3.24. The Morgan fingerprint density at radius 1 is 0.893 bits per heavy atom. The molecule has 2 aromatic rings. The number of hydrogen-bond acceptors (Lipinski definition) is 3. The average molecular weight is 381 g/mol. The highest BCUT2D eigenvalue weighted by atomic mass is 16.5. The molecule has 0 amide bonds. The summed E-state index contributed by atoms with van der Waals surface area (Å²) in [7, 11) is 0. The van der Waals surface area contributed by atoms with Gasteiger partial charge >= 0.3 is 0 Å². The third-order valence-electron chi connectivity index (χ3n) is 4.91. The molecule has 2 rings (SSSR count). The van der Waals surface area contributed by atoms with E-state index in [4.69, 9.17) is 4.74 Å². The molecule has 0 N–H and O–H groups in total. The van der Waals surface area contributed by atoms with Gasteiger partial charge in [-0.05, 0) is 50.3 Å². The predicted molar refractivity (Wildman–Crippen MR) is 119 cm³/mol. The van der Waals surface area contributed by atoms with Gasteiger partial charge in [-0.15, -0.1) is 0 Å². The van der Waals surface area contributed by atoms with E-state index >= 15 is 0 Å². The van der Waals surface area contributed by atoms with Crippen molar-refractivity contribution < 1.29 is 4.74 Å². The van der Waals surface area contributed by atoms with Crippen molar-refractivity contribution in [3.05, 3.63) is 54.4 Å². The number of aryl methyl sites for hydroxylation is 1.